The van der Waals surface area contributed by atoms with E-state index in [-0.39, 0.29) is 5.91 Å². The van der Waals surface area contributed by atoms with Gasteiger partial charge in [-0.15, -0.1) is 0 Å². The lowest BCUT2D eigenvalue weighted by molar-refractivity contribution is -0.121. The van der Waals surface area contributed by atoms with Crippen LogP contribution in [0.3, 0.4) is 0 Å². The van der Waals surface area contributed by atoms with Gasteiger partial charge in [0.2, 0.25) is 5.91 Å². The molecule has 0 atom stereocenters. The molecule has 6 nitrogen and oxygen atoms in total. The van der Waals surface area contributed by atoms with Crippen LogP contribution in [0, 0.1) is 0 Å². The molecule has 1 heterocycles. The fourth-order valence-corrected chi connectivity index (χ4v) is 3.08. The lowest BCUT2D eigenvalue weighted by atomic mass is 10.1. The molecule has 150 valence electrons. The van der Waals surface area contributed by atoms with Crippen LogP contribution in [0.5, 0.6) is 23.0 Å². The van der Waals surface area contributed by atoms with Crippen LogP contribution < -0.4 is 24.3 Å². The molecule has 3 rings (SSSR count). The molecule has 0 aromatic heterocycles. The normalized spacial score (nSPS) is 12.4. The average molecular weight is 385 g/mol. The summed E-state index contributed by atoms with van der Waals surface area (Å²) < 4.78 is 22.0. The first-order valence-electron chi connectivity index (χ1n) is 9.64. The third-order valence-corrected chi connectivity index (χ3v) is 4.51. The predicted octanol–water partition coefficient (Wildman–Crippen LogP) is 3.16. The molecule has 0 saturated carbocycles. The smallest absolute Gasteiger partial charge is 0.220 e. The van der Waals surface area contributed by atoms with Crippen molar-refractivity contribution in [1.82, 2.24) is 5.32 Å². The Balaban J connectivity index is 1.43. The number of amides is 1. The van der Waals surface area contributed by atoms with Gasteiger partial charge in [-0.1, -0.05) is 12.1 Å². The molecule has 0 saturated heterocycles. The van der Waals surface area contributed by atoms with Crippen molar-refractivity contribution in [3.63, 3.8) is 0 Å². The number of fused-ring (bicyclic) bond motifs is 1. The van der Waals surface area contributed by atoms with E-state index in [1.807, 2.05) is 43.3 Å². The maximum absolute atomic E-state index is 12.2. The van der Waals surface area contributed by atoms with Gasteiger partial charge in [0, 0.05) is 13.0 Å². The molecule has 6 heteroatoms. The third kappa shape index (κ3) is 5.31. The molecule has 1 N–H and O–H groups in total. The first-order chi connectivity index (χ1) is 13.7. The van der Waals surface area contributed by atoms with Crippen molar-refractivity contribution in [2.75, 3.05) is 33.5 Å². The van der Waals surface area contributed by atoms with Gasteiger partial charge in [-0.2, -0.15) is 0 Å². The predicted molar refractivity (Wildman–Crippen MR) is 107 cm³/mol. The second-order valence-corrected chi connectivity index (χ2v) is 6.50. The van der Waals surface area contributed by atoms with Crippen molar-refractivity contribution >= 4 is 5.91 Å². The number of hydrogen-bond donors (Lipinski definition) is 1. The number of hydrogen-bond acceptors (Lipinski definition) is 5. The molecule has 2 aromatic carbocycles. The summed E-state index contributed by atoms with van der Waals surface area (Å²) in [4.78, 5) is 12.2. The van der Waals surface area contributed by atoms with E-state index < -0.39 is 0 Å². The first kappa shape index (κ1) is 19.9. The van der Waals surface area contributed by atoms with E-state index in [9.17, 15) is 4.79 Å². The summed E-state index contributed by atoms with van der Waals surface area (Å²) in [5.74, 6) is 3.01. The van der Waals surface area contributed by atoms with Gasteiger partial charge in [-0.3, -0.25) is 4.79 Å². The van der Waals surface area contributed by atoms with Crippen LogP contribution in [-0.2, 0) is 17.6 Å². The zero-order valence-electron chi connectivity index (χ0n) is 16.5. The Hall–Kier alpha value is -2.89. The highest BCUT2D eigenvalue weighted by Gasteiger charge is 2.12. The van der Waals surface area contributed by atoms with Crippen molar-refractivity contribution in [3.05, 3.63) is 47.5 Å². The minimum atomic E-state index is 0.0328. The molecule has 1 amide bonds. The Labute approximate surface area is 165 Å². The Morgan fingerprint density at radius 1 is 1.00 bits per heavy atom. The lowest BCUT2D eigenvalue weighted by Gasteiger charge is -2.18. The van der Waals surface area contributed by atoms with Crippen LogP contribution in [0.1, 0.15) is 24.5 Å². The number of carbonyl (C=O) groups is 1. The molecule has 28 heavy (non-hydrogen) atoms. The second-order valence-electron chi connectivity index (χ2n) is 6.50. The molecule has 1 aliphatic rings. The summed E-state index contributed by atoms with van der Waals surface area (Å²) in [5.41, 5.74) is 2.16. The van der Waals surface area contributed by atoms with E-state index in [1.54, 1.807) is 7.11 Å². The van der Waals surface area contributed by atoms with Gasteiger partial charge in [0.1, 0.15) is 13.2 Å². The minimum absolute atomic E-state index is 0.0328. The summed E-state index contributed by atoms with van der Waals surface area (Å²) in [6.07, 6.45) is 1.83. The van der Waals surface area contributed by atoms with E-state index in [0.29, 0.717) is 45.0 Å². The van der Waals surface area contributed by atoms with Crippen LogP contribution in [0.4, 0.5) is 0 Å². The lowest BCUT2D eigenvalue weighted by Crippen LogP contribution is -2.26. The molecular formula is C22H27NO5. The fourth-order valence-electron chi connectivity index (χ4n) is 3.08. The number of ether oxygens (including phenoxy) is 4. The Bertz CT molecular complexity index is 806. The van der Waals surface area contributed by atoms with Gasteiger partial charge >= 0.3 is 0 Å². The Kier molecular flexibility index (Phi) is 7.00. The molecule has 2 aromatic rings. The van der Waals surface area contributed by atoms with Crippen molar-refractivity contribution in [2.24, 2.45) is 0 Å². The van der Waals surface area contributed by atoms with Crippen molar-refractivity contribution in [2.45, 2.75) is 26.2 Å². The van der Waals surface area contributed by atoms with Crippen LogP contribution >= 0.6 is 0 Å². The van der Waals surface area contributed by atoms with E-state index >= 15 is 0 Å². The monoisotopic (exact) mass is 385 g/mol. The van der Waals surface area contributed by atoms with Gasteiger partial charge in [0.15, 0.2) is 23.0 Å². The van der Waals surface area contributed by atoms with Gasteiger partial charge < -0.3 is 24.3 Å². The van der Waals surface area contributed by atoms with Crippen LogP contribution in [0.15, 0.2) is 36.4 Å². The molecule has 0 fully saturated rings. The van der Waals surface area contributed by atoms with E-state index in [1.165, 1.54) is 0 Å². The highest BCUT2D eigenvalue weighted by molar-refractivity contribution is 5.76. The SMILES string of the molecule is CCOc1ccc(CCC(=O)NCCc2ccc3c(c2)OCCO3)cc1OC. The average Bonchev–Trinajstić information content (AvgIpc) is 2.73. The number of rotatable bonds is 9. The molecule has 1 aliphatic heterocycles. The summed E-state index contributed by atoms with van der Waals surface area (Å²) in [7, 11) is 1.62. The van der Waals surface area contributed by atoms with Gasteiger partial charge in [0.05, 0.1) is 13.7 Å². The zero-order chi connectivity index (χ0) is 19.8. The van der Waals surface area contributed by atoms with Crippen LogP contribution in [0.2, 0.25) is 0 Å². The minimum Gasteiger partial charge on any atom is -0.493 e. The number of aryl methyl sites for hydroxylation is 1. The van der Waals surface area contributed by atoms with Crippen molar-refractivity contribution < 1.29 is 23.7 Å². The first-order valence-corrected chi connectivity index (χ1v) is 9.64. The summed E-state index contributed by atoms with van der Waals surface area (Å²) >= 11 is 0. The summed E-state index contributed by atoms with van der Waals surface area (Å²) in [5, 5.41) is 2.97. The largest absolute Gasteiger partial charge is 0.493 e. The van der Waals surface area contributed by atoms with E-state index in [2.05, 4.69) is 5.32 Å². The van der Waals surface area contributed by atoms with Crippen molar-refractivity contribution in [3.8, 4) is 23.0 Å². The third-order valence-electron chi connectivity index (χ3n) is 4.51. The van der Waals surface area contributed by atoms with Gasteiger partial charge in [-0.25, -0.2) is 0 Å². The molecule has 0 spiro atoms. The number of nitrogens with one attached hydrogen (secondary N) is 1. The van der Waals surface area contributed by atoms with E-state index in [0.717, 1.165) is 34.8 Å². The van der Waals surface area contributed by atoms with Gasteiger partial charge in [0.25, 0.3) is 0 Å². The van der Waals surface area contributed by atoms with E-state index in [4.69, 9.17) is 18.9 Å². The summed E-state index contributed by atoms with van der Waals surface area (Å²) in [6, 6.07) is 11.7. The van der Waals surface area contributed by atoms with Crippen LogP contribution in [0.25, 0.3) is 0 Å². The van der Waals surface area contributed by atoms with Crippen LogP contribution in [-0.4, -0.2) is 39.4 Å². The topological polar surface area (TPSA) is 66.0 Å². The molecule has 0 radical (unpaired) electrons. The molecule has 0 unspecified atom stereocenters. The van der Waals surface area contributed by atoms with Crippen molar-refractivity contribution in [1.29, 1.82) is 0 Å². The standard InChI is InChI=1S/C22H27NO5/c1-3-26-18-7-4-16(14-20(18)25-2)6-9-22(24)23-11-10-17-5-8-19-21(15-17)28-13-12-27-19/h4-5,7-8,14-15H,3,6,9-13H2,1-2H3,(H,23,24). The number of carbonyl (C=O) groups excluding carboxylic acids is 1. The number of methoxy groups -OCH3 is 1. The maximum atomic E-state index is 12.2. The Morgan fingerprint density at radius 3 is 2.54 bits per heavy atom. The second kappa shape index (κ2) is 9.88. The van der Waals surface area contributed by atoms with Gasteiger partial charge in [-0.05, 0) is 55.2 Å². The molecule has 0 aliphatic carbocycles. The zero-order valence-corrected chi connectivity index (χ0v) is 16.5. The number of benzene rings is 2. The molecular weight excluding hydrogens is 358 g/mol. The highest BCUT2D eigenvalue weighted by Crippen LogP contribution is 2.31. The highest BCUT2D eigenvalue weighted by atomic mass is 16.6. The Morgan fingerprint density at radius 2 is 1.75 bits per heavy atom. The maximum Gasteiger partial charge on any atom is 0.220 e. The fraction of sp³-hybridized carbons (Fsp3) is 0.409. The quantitative estimate of drug-likeness (QED) is 0.718. The summed E-state index contributed by atoms with van der Waals surface area (Å²) in [6.45, 7) is 4.27. The molecule has 0 bridgehead atoms.